The second kappa shape index (κ2) is 5.35. The highest BCUT2D eigenvalue weighted by Gasteiger charge is 2.09. The number of nitrogens with zero attached hydrogens (tertiary/aromatic N) is 5. The van der Waals surface area contributed by atoms with Crippen LogP contribution in [0.3, 0.4) is 0 Å². The van der Waals surface area contributed by atoms with Gasteiger partial charge in [-0.1, -0.05) is 5.21 Å². The van der Waals surface area contributed by atoms with Gasteiger partial charge in [0, 0.05) is 31.4 Å². The van der Waals surface area contributed by atoms with Crippen molar-refractivity contribution in [2.45, 2.75) is 13.5 Å². The van der Waals surface area contributed by atoms with Crippen LogP contribution in [0.15, 0.2) is 30.6 Å². The van der Waals surface area contributed by atoms with Gasteiger partial charge in [-0.2, -0.15) is 0 Å². The zero-order valence-electron chi connectivity index (χ0n) is 11.9. The number of hydrogen-bond acceptors (Lipinski definition) is 4. The number of nitrogens with one attached hydrogen (secondary N) is 1. The van der Waals surface area contributed by atoms with Crippen molar-refractivity contribution in [3.05, 3.63) is 42.0 Å². The highest BCUT2D eigenvalue weighted by molar-refractivity contribution is 5.94. The number of aryl methyl sites for hydroxylation is 2. The van der Waals surface area contributed by atoms with Crippen LogP contribution >= 0.6 is 0 Å². The minimum Gasteiger partial charge on any atom is -0.349 e. The summed E-state index contributed by atoms with van der Waals surface area (Å²) in [7, 11) is 1.91. The standard InChI is InChI=1S/C14H16N6O/c1-10-9-20(18-17-10)8-6-15-14(21)12-4-3-11-5-7-19(2)13(11)16-12/h3-5,7,9H,6,8H2,1-2H3,(H,15,21). The van der Waals surface area contributed by atoms with Gasteiger partial charge in [-0.3, -0.25) is 9.48 Å². The lowest BCUT2D eigenvalue weighted by Gasteiger charge is -2.05. The first-order valence-corrected chi connectivity index (χ1v) is 6.70. The van der Waals surface area contributed by atoms with Gasteiger partial charge in [0.2, 0.25) is 0 Å². The molecule has 1 amide bonds. The molecule has 0 unspecified atom stereocenters. The van der Waals surface area contributed by atoms with Crippen molar-refractivity contribution in [1.29, 1.82) is 0 Å². The molecule has 21 heavy (non-hydrogen) atoms. The Balaban J connectivity index is 1.64. The van der Waals surface area contributed by atoms with Crippen LogP contribution in [0, 0.1) is 6.92 Å². The van der Waals surface area contributed by atoms with E-state index >= 15 is 0 Å². The van der Waals surface area contributed by atoms with Gasteiger partial charge in [-0.15, -0.1) is 5.10 Å². The van der Waals surface area contributed by atoms with Gasteiger partial charge in [-0.05, 0) is 25.1 Å². The largest absolute Gasteiger partial charge is 0.349 e. The zero-order chi connectivity index (χ0) is 14.8. The number of hydrogen-bond donors (Lipinski definition) is 1. The molecule has 0 atom stereocenters. The highest BCUT2D eigenvalue weighted by atomic mass is 16.1. The summed E-state index contributed by atoms with van der Waals surface area (Å²) in [6.45, 7) is 2.94. The van der Waals surface area contributed by atoms with E-state index in [1.54, 1.807) is 10.7 Å². The van der Waals surface area contributed by atoms with Crippen LogP contribution in [0.25, 0.3) is 11.0 Å². The van der Waals surface area contributed by atoms with Crippen LogP contribution in [0.4, 0.5) is 0 Å². The van der Waals surface area contributed by atoms with Crippen molar-refractivity contribution in [2.75, 3.05) is 6.54 Å². The molecule has 7 heteroatoms. The molecular formula is C14H16N6O. The molecule has 108 valence electrons. The van der Waals surface area contributed by atoms with Crippen LogP contribution in [0.2, 0.25) is 0 Å². The molecular weight excluding hydrogens is 268 g/mol. The molecule has 0 aliphatic rings. The van der Waals surface area contributed by atoms with E-state index < -0.39 is 0 Å². The quantitative estimate of drug-likeness (QED) is 0.772. The normalized spacial score (nSPS) is 11.0. The topological polar surface area (TPSA) is 77.6 Å². The maximum atomic E-state index is 12.1. The Morgan fingerprint density at radius 2 is 2.19 bits per heavy atom. The Hall–Kier alpha value is -2.70. The van der Waals surface area contributed by atoms with Crippen molar-refractivity contribution in [1.82, 2.24) is 29.9 Å². The molecule has 7 nitrogen and oxygen atoms in total. The van der Waals surface area contributed by atoms with Crippen molar-refractivity contribution in [3.8, 4) is 0 Å². The molecule has 0 spiro atoms. The predicted octanol–water partition coefficient (Wildman–Crippen LogP) is 0.903. The van der Waals surface area contributed by atoms with E-state index in [9.17, 15) is 4.79 Å². The molecule has 0 aliphatic heterocycles. The second-order valence-electron chi connectivity index (χ2n) is 4.91. The number of carbonyl (C=O) groups excluding carboxylic acids is 1. The van der Waals surface area contributed by atoms with Crippen molar-refractivity contribution < 1.29 is 4.79 Å². The van der Waals surface area contributed by atoms with Crippen molar-refractivity contribution in [2.24, 2.45) is 7.05 Å². The van der Waals surface area contributed by atoms with E-state index in [1.165, 1.54) is 0 Å². The van der Waals surface area contributed by atoms with Crippen LogP contribution in [-0.4, -0.2) is 37.0 Å². The number of rotatable bonds is 4. The van der Waals surface area contributed by atoms with Crippen LogP contribution in [0.1, 0.15) is 16.2 Å². The predicted molar refractivity (Wildman–Crippen MR) is 77.8 cm³/mol. The summed E-state index contributed by atoms with van der Waals surface area (Å²) >= 11 is 0. The van der Waals surface area contributed by atoms with Gasteiger partial charge in [0.25, 0.3) is 5.91 Å². The molecule has 0 fully saturated rings. The first kappa shape index (κ1) is 13.3. The average Bonchev–Trinajstić information content (AvgIpc) is 3.05. The van der Waals surface area contributed by atoms with E-state index in [0.717, 1.165) is 16.7 Å². The van der Waals surface area contributed by atoms with Gasteiger partial charge < -0.3 is 9.88 Å². The maximum Gasteiger partial charge on any atom is 0.270 e. The van der Waals surface area contributed by atoms with Crippen LogP contribution in [0.5, 0.6) is 0 Å². The van der Waals surface area contributed by atoms with Gasteiger partial charge >= 0.3 is 0 Å². The molecule has 0 saturated carbocycles. The molecule has 0 radical (unpaired) electrons. The van der Waals surface area contributed by atoms with Crippen molar-refractivity contribution in [3.63, 3.8) is 0 Å². The van der Waals surface area contributed by atoms with E-state index in [-0.39, 0.29) is 5.91 Å². The van der Waals surface area contributed by atoms with E-state index in [0.29, 0.717) is 18.8 Å². The average molecular weight is 284 g/mol. The van der Waals surface area contributed by atoms with E-state index in [4.69, 9.17) is 0 Å². The van der Waals surface area contributed by atoms with Gasteiger partial charge in [0.15, 0.2) is 0 Å². The Morgan fingerprint density at radius 3 is 2.95 bits per heavy atom. The molecule has 3 aromatic heterocycles. The van der Waals surface area contributed by atoms with E-state index in [1.807, 2.05) is 43.1 Å². The molecule has 0 aliphatic carbocycles. The minimum absolute atomic E-state index is 0.185. The molecule has 3 rings (SSSR count). The third kappa shape index (κ3) is 2.76. The summed E-state index contributed by atoms with van der Waals surface area (Å²) in [6.07, 6.45) is 3.76. The lowest BCUT2D eigenvalue weighted by Crippen LogP contribution is -2.28. The summed E-state index contributed by atoms with van der Waals surface area (Å²) in [6, 6.07) is 5.60. The number of pyridine rings is 1. The number of carbonyl (C=O) groups is 1. The SMILES string of the molecule is Cc1cn(CCNC(=O)c2ccc3ccn(C)c3n2)nn1. The summed E-state index contributed by atoms with van der Waals surface area (Å²) in [5, 5.41) is 11.7. The zero-order valence-corrected chi connectivity index (χ0v) is 11.9. The molecule has 3 heterocycles. The second-order valence-corrected chi connectivity index (χ2v) is 4.91. The summed E-state index contributed by atoms with van der Waals surface area (Å²) in [5.41, 5.74) is 2.07. The Morgan fingerprint density at radius 1 is 1.33 bits per heavy atom. The highest BCUT2D eigenvalue weighted by Crippen LogP contribution is 2.12. The molecule has 0 bridgehead atoms. The smallest absolute Gasteiger partial charge is 0.270 e. The monoisotopic (exact) mass is 284 g/mol. The van der Waals surface area contributed by atoms with Crippen molar-refractivity contribution >= 4 is 16.9 Å². The lowest BCUT2D eigenvalue weighted by atomic mass is 10.3. The Kier molecular flexibility index (Phi) is 3.39. The van der Waals surface area contributed by atoms with Crippen LogP contribution in [-0.2, 0) is 13.6 Å². The third-order valence-electron chi connectivity index (χ3n) is 3.23. The summed E-state index contributed by atoms with van der Waals surface area (Å²) in [4.78, 5) is 16.5. The number of fused-ring (bicyclic) bond motifs is 1. The summed E-state index contributed by atoms with van der Waals surface area (Å²) in [5.74, 6) is -0.185. The number of aromatic nitrogens is 5. The van der Waals surface area contributed by atoms with Gasteiger partial charge in [0.1, 0.15) is 11.3 Å². The molecule has 0 aromatic carbocycles. The first-order chi connectivity index (χ1) is 10.1. The Bertz CT molecular complexity index is 788. The summed E-state index contributed by atoms with van der Waals surface area (Å²) < 4.78 is 3.59. The minimum atomic E-state index is -0.185. The van der Waals surface area contributed by atoms with E-state index in [2.05, 4.69) is 20.6 Å². The molecule has 0 saturated heterocycles. The Labute approximate surface area is 121 Å². The third-order valence-corrected chi connectivity index (χ3v) is 3.23. The molecule has 1 N–H and O–H groups in total. The fourth-order valence-electron chi connectivity index (χ4n) is 2.14. The van der Waals surface area contributed by atoms with Gasteiger partial charge in [0.05, 0.1) is 12.2 Å². The first-order valence-electron chi connectivity index (χ1n) is 6.70. The fraction of sp³-hybridized carbons (Fsp3) is 0.286. The van der Waals surface area contributed by atoms with Crippen LogP contribution < -0.4 is 5.32 Å². The number of amides is 1. The van der Waals surface area contributed by atoms with Gasteiger partial charge in [-0.25, -0.2) is 4.98 Å². The maximum absolute atomic E-state index is 12.1. The fourth-order valence-corrected chi connectivity index (χ4v) is 2.14. The molecule has 3 aromatic rings. The lowest BCUT2D eigenvalue weighted by molar-refractivity contribution is 0.0947.